The van der Waals surface area contributed by atoms with Crippen LogP contribution in [0.3, 0.4) is 0 Å². The fourth-order valence-corrected chi connectivity index (χ4v) is 9.62. The number of anilines is 1. The van der Waals surface area contributed by atoms with Crippen LogP contribution in [0, 0.1) is 0 Å². The molecule has 4 aromatic rings. The summed E-state index contributed by atoms with van der Waals surface area (Å²) in [4.78, 5) is 19.5. The van der Waals surface area contributed by atoms with E-state index in [9.17, 15) is 39.2 Å². The van der Waals surface area contributed by atoms with Crippen LogP contribution in [0.4, 0.5) is 11.4 Å². The average Bonchev–Trinajstić information content (AvgIpc) is 3.55. The number of primary sulfonamides is 1. The zero-order valence-electron chi connectivity index (χ0n) is 35.2. The van der Waals surface area contributed by atoms with E-state index in [1.54, 1.807) is 30.3 Å². The van der Waals surface area contributed by atoms with Crippen molar-refractivity contribution in [1.82, 2.24) is 10.3 Å². The zero-order chi connectivity index (χ0) is 45.3. The molecular weight excluding hydrogens is 851 g/mol. The molecule has 0 fully saturated rings. The minimum absolute atomic E-state index is 0.0430. The number of para-hydroxylation sites is 1. The first-order valence-corrected chi connectivity index (χ1v) is 24.7. The lowest BCUT2D eigenvalue weighted by molar-refractivity contribution is -0.438. The van der Waals surface area contributed by atoms with Crippen LogP contribution in [-0.4, -0.2) is 74.4 Å². The SMILES string of the molecule is CCCC[N+]1=C(/C=C/C(=C/C=C2/N(CCCS(=O)(=O)O)c3ccc(S(=O)(=O)O)cc3C2(C)C)c2ccc(C(=O)NCc3cccc(S(N)(=O)=O)c3)cn2)C(C)(C)c2ccccc21. The lowest BCUT2D eigenvalue weighted by Crippen LogP contribution is -2.28. The topological polar surface area (TPSA) is 217 Å². The molecule has 3 heterocycles. The molecule has 2 aliphatic rings. The van der Waals surface area contributed by atoms with E-state index >= 15 is 0 Å². The van der Waals surface area contributed by atoms with Crippen LogP contribution in [-0.2, 0) is 47.6 Å². The number of sulfonamides is 1. The van der Waals surface area contributed by atoms with Gasteiger partial charge in [-0.1, -0.05) is 63.6 Å². The van der Waals surface area contributed by atoms with E-state index in [2.05, 4.69) is 48.9 Å². The Bertz CT molecular complexity index is 2860. The van der Waals surface area contributed by atoms with E-state index in [0.717, 1.165) is 30.8 Å². The highest BCUT2D eigenvalue weighted by Crippen LogP contribution is 2.49. The number of nitrogens with one attached hydrogen (secondary N) is 1. The van der Waals surface area contributed by atoms with E-state index in [1.165, 1.54) is 36.0 Å². The van der Waals surface area contributed by atoms with Crippen molar-refractivity contribution in [2.45, 2.75) is 81.0 Å². The number of hydrogen-bond acceptors (Lipinski definition) is 9. The smallest absolute Gasteiger partial charge is 0.294 e. The molecule has 14 nitrogen and oxygen atoms in total. The Balaban J connectivity index is 1.43. The second-order valence-electron chi connectivity index (χ2n) is 16.4. The van der Waals surface area contributed by atoms with Crippen molar-refractivity contribution in [3.63, 3.8) is 0 Å². The first-order valence-electron chi connectivity index (χ1n) is 20.1. The van der Waals surface area contributed by atoms with Crippen molar-refractivity contribution >= 4 is 58.8 Å². The summed E-state index contributed by atoms with van der Waals surface area (Å²) >= 11 is 0. The second-order valence-corrected chi connectivity index (χ2v) is 21.0. The number of amides is 1. The third-order valence-corrected chi connectivity index (χ3v) is 13.9. The summed E-state index contributed by atoms with van der Waals surface area (Å²) in [6.07, 6.45) is 11.3. The number of rotatable bonds is 16. The number of benzene rings is 3. The predicted octanol–water partition coefficient (Wildman–Crippen LogP) is 6.68. The normalized spacial score (nSPS) is 16.9. The maximum atomic E-state index is 13.3. The van der Waals surface area contributed by atoms with Gasteiger partial charge < -0.3 is 10.2 Å². The molecule has 62 heavy (non-hydrogen) atoms. The molecule has 17 heteroatoms. The highest BCUT2D eigenvalue weighted by atomic mass is 32.2. The van der Waals surface area contributed by atoms with Crippen molar-refractivity contribution in [2.24, 2.45) is 5.14 Å². The number of fused-ring (bicyclic) bond motifs is 2. The lowest BCUT2D eigenvalue weighted by Gasteiger charge is -2.27. The van der Waals surface area contributed by atoms with Gasteiger partial charge in [-0.3, -0.25) is 18.9 Å². The van der Waals surface area contributed by atoms with Gasteiger partial charge >= 0.3 is 0 Å². The van der Waals surface area contributed by atoms with Gasteiger partial charge in [0, 0.05) is 65.8 Å². The number of allylic oxidation sites excluding steroid dienone is 6. The molecule has 0 atom stereocenters. The van der Waals surface area contributed by atoms with Gasteiger partial charge in [-0.15, -0.1) is 0 Å². The van der Waals surface area contributed by atoms with Crippen molar-refractivity contribution in [2.75, 3.05) is 23.7 Å². The average molecular weight is 903 g/mol. The van der Waals surface area contributed by atoms with Gasteiger partial charge in [0.2, 0.25) is 15.7 Å². The fraction of sp³-hybridized carbons (Fsp3) is 0.311. The number of pyridine rings is 1. The molecule has 3 aromatic carbocycles. The number of aromatic nitrogens is 1. The van der Waals surface area contributed by atoms with Crippen LogP contribution in [0.1, 0.15) is 86.6 Å². The zero-order valence-corrected chi connectivity index (χ0v) is 37.7. The molecule has 0 saturated heterocycles. The molecule has 0 unspecified atom stereocenters. The van der Waals surface area contributed by atoms with E-state index in [1.807, 2.05) is 49.1 Å². The summed E-state index contributed by atoms with van der Waals surface area (Å²) < 4.78 is 93.3. The van der Waals surface area contributed by atoms with E-state index in [-0.39, 0.29) is 40.3 Å². The third kappa shape index (κ3) is 10.1. The quantitative estimate of drug-likeness (QED) is 0.0528. The number of hydrogen-bond donors (Lipinski definition) is 4. The lowest BCUT2D eigenvalue weighted by atomic mass is 9.81. The molecule has 1 aromatic heterocycles. The largest absolute Gasteiger partial charge is 0.348 e. The standard InChI is InChI=1S/C45H51N5O9S3/c1-6-7-24-49-39-15-9-8-14-36(39)44(2,3)41(49)22-17-32(38-20-16-33(30-47-38)43(51)48-29-31-12-10-13-34(27-31)61(46,55)56)18-23-42-45(4,5)37-28-35(62(57,58)59)19-21-40(37)50(42)25-11-26-60(52,53)54/h8-10,12-23,27-28,30H,6-7,11,24-26,29H2,1-5H3,(H4-,46,48,51,52,53,54,55,56,57,58,59)/p+1. The molecule has 0 spiro atoms. The number of carbonyl (C=O) groups excluding carboxylic acids is 1. The van der Waals surface area contributed by atoms with Crippen molar-refractivity contribution in [3.05, 3.63) is 143 Å². The Morgan fingerprint density at radius 1 is 0.871 bits per heavy atom. The molecule has 0 saturated carbocycles. The summed E-state index contributed by atoms with van der Waals surface area (Å²) in [7, 11) is -12.7. The van der Waals surface area contributed by atoms with Gasteiger partial charge in [-0.05, 0) is 86.0 Å². The van der Waals surface area contributed by atoms with Gasteiger partial charge in [-0.25, -0.2) is 13.6 Å². The Labute approximate surface area is 364 Å². The molecule has 1 amide bonds. The molecule has 0 radical (unpaired) electrons. The van der Waals surface area contributed by atoms with E-state index < -0.39 is 47.3 Å². The van der Waals surface area contributed by atoms with Gasteiger partial charge in [0.15, 0.2) is 5.71 Å². The predicted molar refractivity (Wildman–Crippen MR) is 240 cm³/mol. The van der Waals surface area contributed by atoms with Crippen LogP contribution in [0.15, 0.2) is 125 Å². The second kappa shape index (κ2) is 17.8. The van der Waals surface area contributed by atoms with Crippen LogP contribution < -0.4 is 15.4 Å². The summed E-state index contributed by atoms with van der Waals surface area (Å²) in [5.41, 5.74) is 6.09. The summed E-state index contributed by atoms with van der Waals surface area (Å²) in [5.74, 6) is -0.924. The molecule has 6 rings (SSSR count). The number of nitrogens with two attached hydrogens (primary N) is 1. The monoisotopic (exact) mass is 902 g/mol. The molecule has 328 valence electrons. The molecular formula is C45H52N5O9S3+. The van der Waals surface area contributed by atoms with Gasteiger partial charge in [0.25, 0.3) is 26.1 Å². The highest BCUT2D eigenvalue weighted by Gasteiger charge is 2.44. The van der Waals surface area contributed by atoms with E-state index in [4.69, 9.17) is 10.1 Å². The number of nitrogens with zero attached hydrogens (tertiary/aromatic N) is 3. The van der Waals surface area contributed by atoms with Crippen LogP contribution >= 0.6 is 0 Å². The van der Waals surface area contributed by atoms with Crippen molar-refractivity contribution in [3.8, 4) is 0 Å². The van der Waals surface area contributed by atoms with Crippen molar-refractivity contribution in [1.29, 1.82) is 0 Å². The summed E-state index contributed by atoms with van der Waals surface area (Å²) in [5, 5.41) is 8.07. The van der Waals surface area contributed by atoms with Gasteiger partial charge in [0.1, 0.15) is 6.54 Å². The maximum Gasteiger partial charge on any atom is 0.294 e. The first-order chi connectivity index (χ1) is 29.0. The van der Waals surface area contributed by atoms with Gasteiger partial charge in [0.05, 0.1) is 32.2 Å². The van der Waals surface area contributed by atoms with Crippen molar-refractivity contribution < 1.29 is 43.7 Å². The molecule has 0 bridgehead atoms. The summed E-state index contributed by atoms with van der Waals surface area (Å²) in [6.45, 7) is 11.3. The minimum Gasteiger partial charge on any atom is -0.348 e. The third-order valence-electron chi connectivity index (χ3n) is 11.3. The molecule has 5 N–H and O–H groups in total. The Kier molecular flexibility index (Phi) is 13.3. The van der Waals surface area contributed by atoms with Crippen LogP contribution in [0.5, 0.6) is 0 Å². The Morgan fingerprint density at radius 3 is 2.27 bits per heavy atom. The van der Waals surface area contributed by atoms with Crippen LogP contribution in [0.25, 0.3) is 5.57 Å². The number of carbonyl (C=O) groups is 1. The minimum atomic E-state index is -4.54. The Morgan fingerprint density at radius 2 is 1.61 bits per heavy atom. The van der Waals surface area contributed by atoms with Gasteiger partial charge in [-0.2, -0.15) is 21.4 Å². The Hall–Kier alpha value is -5.30. The number of unbranched alkanes of at least 4 members (excludes halogenated alkanes) is 1. The highest BCUT2D eigenvalue weighted by molar-refractivity contribution is 7.89. The maximum absolute atomic E-state index is 13.3. The van der Waals surface area contributed by atoms with E-state index in [0.29, 0.717) is 33.8 Å². The first kappa shape index (κ1) is 46.2. The van der Waals surface area contributed by atoms with Crippen LogP contribution in [0.2, 0.25) is 0 Å². The molecule has 2 aliphatic heterocycles. The fourth-order valence-electron chi connectivity index (χ4n) is 8.04. The molecule has 0 aliphatic carbocycles. The summed E-state index contributed by atoms with van der Waals surface area (Å²) in [6, 6.07) is 22.0.